The number of rotatable bonds is 5. The fourth-order valence-electron chi connectivity index (χ4n) is 1.27. The molecule has 0 bridgehead atoms. The van der Waals surface area contributed by atoms with E-state index in [1.54, 1.807) is 20.8 Å². The average Bonchev–Trinajstić information content (AvgIpc) is 2.19. The van der Waals surface area contributed by atoms with E-state index in [2.05, 4.69) is 0 Å². The Morgan fingerprint density at radius 3 is 1.81 bits per heavy atom. The van der Waals surface area contributed by atoms with Crippen LogP contribution in [-0.2, 0) is 14.3 Å². The topological polar surface area (TPSA) is 63.6 Å². The third-order valence-electron chi connectivity index (χ3n) is 2.96. The van der Waals surface area contributed by atoms with Crippen LogP contribution in [-0.4, -0.2) is 17.0 Å². The van der Waals surface area contributed by atoms with Gasteiger partial charge in [-0.2, -0.15) is 0 Å². The number of esters is 1. The molecule has 0 aliphatic rings. The van der Waals surface area contributed by atoms with Crippen molar-refractivity contribution in [3.63, 3.8) is 0 Å². The van der Waals surface area contributed by atoms with Crippen molar-refractivity contribution in [3.8, 4) is 0 Å². The Balaban J connectivity index is 5.06. The molecule has 0 aromatic heterocycles. The number of allylic oxidation sites excluding steroid dienone is 2. The van der Waals surface area contributed by atoms with Crippen LogP contribution in [0.1, 0.15) is 47.5 Å². The fourth-order valence-corrected chi connectivity index (χ4v) is 1.27. The maximum atomic E-state index is 11.8. The number of carboxylic acids is 1. The predicted octanol–water partition coefficient (Wildman–Crippen LogP) is 2.73. The molecule has 0 aliphatic heterocycles. The molecule has 4 heteroatoms. The first-order valence-corrected chi connectivity index (χ1v) is 5.41. The third-order valence-corrected chi connectivity index (χ3v) is 2.96. The lowest BCUT2D eigenvalue weighted by Gasteiger charge is -2.24. The zero-order valence-corrected chi connectivity index (χ0v) is 10.6. The van der Waals surface area contributed by atoms with Gasteiger partial charge in [0.2, 0.25) is 0 Å². The van der Waals surface area contributed by atoms with Crippen LogP contribution in [0.4, 0.5) is 0 Å². The summed E-state index contributed by atoms with van der Waals surface area (Å²) in [5.74, 6) is -1.33. The first-order valence-electron chi connectivity index (χ1n) is 5.41. The second kappa shape index (κ2) is 5.68. The molecule has 0 aromatic rings. The zero-order valence-electron chi connectivity index (χ0n) is 10.6. The van der Waals surface area contributed by atoms with Crippen LogP contribution in [0.2, 0.25) is 0 Å². The molecular formula is C12H20O4. The van der Waals surface area contributed by atoms with Gasteiger partial charge in [0.05, 0.1) is 0 Å². The molecule has 0 saturated carbocycles. The summed E-state index contributed by atoms with van der Waals surface area (Å²) < 4.78 is 5.08. The molecule has 0 atom stereocenters. The van der Waals surface area contributed by atoms with Gasteiger partial charge < -0.3 is 9.84 Å². The summed E-state index contributed by atoms with van der Waals surface area (Å²) in [6.45, 7) is 8.63. The summed E-state index contributed by atoms with van der Waals surface area (Å²) in [7, 11) is 0. The Hall–Kier alpha value is -1.32. The first kappa shape index (κ1) is 14.7. The number of ether oxygens (including phenoxy) is 1. The molecule has 1 N–H and O–H groups in total. The van der Waals surface area contributed by atoms with Crippen molar-refractivity contribution < 1.29 is 19.4 Å². The fraction of sp³-hybridized carbons (Fsp3) is 0.667. The van der Waals surface area contributed by atoms with Gasteiger partial charge in [-0.25, -0.2) is 0 Å². The van der Waals surface area contributed by atoms with Gasteiger partial charge in [0.15, 0.2) is 5.41 Å². The standard InChI is InChI=1S/C12H20O4/c1-6-12(7-2,10(13)14)11(15)16-9(5)8(3)4/h6-7H2,1-5H3,(H,13,14). The van der Waals surface area contributed by atoms with Crippen molar-refractivity contribution in [1.82, 2.24) is 0 Å². The van der Waals surface area contributed by atoms with Crippen molar-refractivity contribution in [2.24, 2.45) is 5.41 Å². The van der Waals surface area contributed by atoms with E-state index in [1.807, 2.05) is 13.8 Å². The highest BCUT2D eigenvalue weighted by atomic mass is 16.5. The van der Waals surface area contributed by atoms with Gasteiger partial charge in [-0.05, 0) is 39.2 Å². The van der Waals surface area contributed by atoms with Gasteiger partial charge in [-0.3, -0.25) is 9.59 Å². The molecule has 0 heterocycles. The molecule has 0 fully saturated rings. The Labute approximate surface area is 96.3 Å². The van der Waals surface area contributed by atoms with Crippen molar-refractivity contribution in [1.29, 1.82) is 0 Å². The number of hydrogen-bond acceptors (Lipinski definition) is 3. The monoisotopic (exact) mass is 228 g/mol. The molecule has 4 nitrogen and oxygen atoms in total. The molecular weight excluding hydrogens is 208 g/mol. The lowest BCUT2D eigenvalue weighted by molar-refractivity contribution is -0.166. The first-order chi connectivity index (χ1) is 7.31. The quantitative estimate of drug-likeness (QED) is 0.446. The number of carbonyl (C=O) groups excluding carboxylic acids is 1. The Kier molecular flexibility index (Phi) is 5.21. The van der Waals surface area contributed by atoms with E-state index in [1.165, 1.54) is 0 Å². The smallest absolute Gasteiger partial charge is 0.328 e. The molecule has 0 rings (SSSR count). The zero-order chi connectivity index (χ0) is 12.9. The summed E-state index contributed by atoms with van der Waals surface area (Å²) in [4.78, 5) is 23.0. The van der Waals surface area contributed by atoms with E-state index < -0.39 is 17.4 Å². The van der Waals surface area contributed by atoms with Gasteiger partial charge >= 0.3 is 11.9 Å². The third kappa shape index (κ3) is 2.84. The van der Waals surface area contributed by atoms with Gasteiger partial charge in [0.25, 0.3) is 0 Å². The molecule has 0 spiro atoms. The Morgan fingerprint density at radius 2 is 1.56 bits per heavy atom. The second-order valence-electron chi connectivity index (χ2n) is 4.04. The van der Waals surface area contributed by atoms with Gasteiger partial charge in [-0.1, -0.05) is 13.8 Å². The number of carboxylic acid groups (broad SMARTS) is 1. The molecule has 0 saturated heterocycles. The van der Waals surface area contributed by atoms with Crippen molar-refractivity contribution in [2.75, 3.05) is 0 Å². The molecule has 0 radical (unpaired) electrons. The minimum atomic E-state index is -1.42. The van der Waals surface area contributed by atoms with Crippen molar-refractivity contribution in [2.45, 2.75) is 47.5 Å². The minimum Gasteiger partial charge on any atom is -0.480 e. The summed E-state index contributed by atoms with van der Waals surface area (Å²) in [6.07, 6.45) is 0.460. The molecule has 0 unspecified atom stereocenters. The molecule has 92 valence electrons. The van der Waals surface area contributed by atoms with Crippen LogP contribution in [0.25, 0.3) is 0 Å². The van der Waals surface area contributed by atoms with Gasteiger partial charge in [0, 0.05) is 0 Å². The summed E-state index contributed by atoms with van der Waals surface area (Å²) in [5.41, 5.74) is -0.559. The summed E-state index contributed by atoms with van der Waals surface area (Å²) in [6, 6.07) is 0. The SMILES string of the molecule is CCC(CC)(C(=O)O)C(=O)OC(C)=C(C)C. The highest BCUT2D eigenvalue weighted by molar-refractivity contribution is 5.99. The van der Waals surface area contributed by atoms with Crippen LogP contribution >= 0.6 is 0 Å². The van der Waals surface area contributed by atoms with Gasteiger partial charge in [-0.15, -0.1) is 0 Å². The number of carbonyl (C=O) groups is 2. The summed E-state index contributed by atoms with van der Waals surface area (Å²) >= 11 is 0. The lowest BCUT2D eigenvalue weighted by Crippen LogP contribution is -2.39. The van der Waals surface area contributed by atoms with E-state index in [4.69, 9.17) is 9.84 Å². The largest absolute Gasteiger partial charge is 0.480 e. The Morgan fingerprint density at radius 1 is 1.12 bits per heavy atom. The van der Waals surface area contributed by atoms with Crippen LogP contribution in [0.5, 0.6) is 0 Å². The van der Waals surface area contributed by atoms with Crippen LogP contribution in [0.3, 0.4) is 0 Å². The van der Waals surface area contributed by atoms with E-state index in [-0.39, 0.29) is 12.8 Å². The van der Waals surface area contributed by atoms with Gasteiger partial charge in [0.1, 0.15) is 5.76 Å². The maximum absolute atomic E-state index is 11.8. The second-order valence-corrected chi connectivity index (χ2v) is 4.04. The summed E-state index contributed by atoms with van der Waals surface area (Å²) in [5, 5.41) is 9.13. The molecule has 16 heavy (non-hydrogen) atoms. The van der Waals surface area contributed by atoms with E-state index in [0.29, 0.717) is 5.76 Å². The predicted molar refractivity (Wildman–Crippen MR) is 60.8 cm³/mol. The normalized spacial score (nSPS) is 10.8. The highest BCUT2D eigenvalue weighted by Crippen LogP contribution is 2.29. The van der Waals surface area contributed by atoms with E-state index in [9.17, 15) is 9.59 Å². The molecule has 0 amide bonds. The minimum absolute atomic E-state index is 0.230. The van der Waals surface area contributed by atoms with Crippen LogP contribution in [0, 0.1) is 5.41 Å². The number of hydrogen-bond donors (Lipinski definition) is 1. The highest BCUT2D eigenvalue weighted by Gasteiger charge is 2.44. The maximum Gasteiger partial charge on any atom is 0.328 e. The van der Waals surface area contributed by atoms with Crippen molar-refractivity contribution in [3.05, 3.63) is 11.3 Å². The van der Waals surface area contributed by atoms with Crippen molar-refractivity contribution >= 4 is 11.9 Å². The molecule has 0 aromatic carbocycles. The number of aliphatic carboxylic acids is 1. The van der Waals surface area contributed by atoms with E-state index in [0.717, 1.165) is 5.57 Å². The van der Waals surface area contributed by atoms with Crippen LogP contribution in [0.15, 0.2) is 11.3 Å². The molecule has 0 aliphatic carbocycles. The Bertz CT molecular complexity index is 307. The lowest BCUT2D eigenvalue weighted by atomic mass is 9.82. The van der Waals surface area contributed by atoms with Crippen LogP contribution < -0.4 is 0 Å². The average molecular weight is 228 g/mol. The van der Waals surface area contributed by atoms with E-state index >= 15 is 0 Å².